The van der Waals surface area contributed by atoms with Crippen LogP contribution in [0.5, 0.6) is 0 Å². The molecule has 0 radical (unpaired) electrons. The molecule has 1 aromatic carbocycles. The van der Waals surface area contributed by atoms with Crippen LogP contribution in [-0.4, -0.2) is 22.1 Å². The van der Waals surface area contributed by atoms with Crippen molar-refractivity contribution in [3.8, 4) is 0 Å². The number of nitrogens with one attached hydrogen (secondary N) is 2. The number of hydrogen-bond donors (Lipinski definition) is 3. The van der Waals surface area contributed by atoms with Crippen molar-refractivity contribution in [2.45, 2.75) is 6.54 Å². The van der Waals surface area contributed by atoms with Crippen LogP contribution in [0.25, 0.3) is 0 Å². The zero-order valence-electron chi connectivity index (χ0n) is 10.1. The minimum absolute atomic E-state index is 0.0135. The van der Waals surface area contributed by atoms with Crippen LogP contribution in [0.4, 0.5) is 10.5 Å². The van der Waals surface area contributed by atoms with Gasteiger partial charge in [0.1, 0.15) is 5.01 Å². The van der Waals surface area contributed by atoms with Gasteiger partial charge < -0.3 is 15.7 Å². The number of carboxylic acid groups (broad SMARTS) is 1. The number of carboxylic acids is 1. The van der Waals surface area contributed by atoms with Gasteiger partial charge in [0, 0.05) is 17.3 Å². The number of nitrogens with zero attached hydrogens (tertiary/aromatic N) is 1. The average molecular weight is 312 g/mol. The Morgan fingerprint density at radius 1 is 1.40 bits per heavy atom. The summed E-state index contributed by atoms with van der Waals surface area (Å²) in [5.41, 5.74) is 0.400. The monoisotopic (exact) mass is 311 g/mol. The van der Waals surface area contributed by atoms with Crippen molar-refractivity contribution >= 4 is 40.6 Å². The van der Waals surface area contributed by atoms with E-state index in [0.717, 1.165) is 5.01 Å². The molecule has 0 aliphatic carbocycles. The van der Waals surface area contributed by atoms with Crippen molar-refractivity contribution in [2.24, 2.45) is 0 Å². The lowest BCUT2D eigenvalue weighted by Gasteiger charge is -2.07. The number of aromatic nitrogens is 1. The maximum atomic E-state index is 11.6. The van der Waals surface area contributed by atoms with Crippen LogP contribution in [0, 0.1) is 0 Å². The van der Waals surface area contributed by atoms with Crippen LogP contribution in [0.3, 0.4) is 0 Å². The highest BCUT2D eigenvalue weighted by atomic mass is 35.5. The molecule has 0 bridgehead atoms. The van der Waals surface area contributed by atoms with Gasteiger partial charge in [-0.15, -0.1) is 11.3 Å². The minimum atomic E-state index is -1.12. The molecule has 0 aliphatic rings. The van der Waals surface area contributed by atoms with E-state index < -0.39 is 12.0 Å². The molecule has 2 rings (SSSR count). The first-order chi connectivity index (χ1) is 9.56. The Morgan fingerprint density at radius 3 is 2.80 bits per heavy atom. The fraction of sp³-hybridized carbons (Fsp3) is 0.0833. The molecule has 2 amide bonds. The van der Waals surface area contributed by atoms with Crippen LogP contribution in [0.2, 0.25) is 5.02 Å². The van der Waals surface area contributed by atoms with Crippen LogP contribution in [-0.2, 0) is 6.54 Å². The summed E-state index contributed by atoms with van der Waals surface area (Å²) in [6.07, 6.45) is 1.66. The smallest absolute Gasteiger partial charge is 0.337 e. The summed E-state index contributed by atoms with van der Waals surface area (Å²) >= 11 is 7.24. The van der Waals surface area contributed by atoms with Gasteiger partial charge in [-0.3, -0.25) is 0 Å². The van der Waals surface area contributed by atoms with Crippen LogP contribution < -0.4 is 10.6 Å². The van der Waals surface area contributed by atoms with E-state index in [1.807, 2.05) is 5.38 Å². The molecule has 104 valence electrons. The largest absolute Gasteiger partial charge is 0.478 e. The van der Waals surface area contributed by atoms with Crippen molar-refractivity contribution in [3.63, 3.8) is 0 Å². The van der Waals surface area contributed by atoms with Gasteiger partial charge in [0.05, 0.1) is 17.1 Å². The summed E-state index contributed by atoms with van der Waals surface area (Å²) in [5, 5.41) is 16.7. The summed E-state index contributed by atoms with van der Waals surface area (Å²) in [6.45, 7) is 0.324. The number of rotatable bonds is 4. The van der Waals surface area contributed by atoms with Gasteiger partial charge in [-0.2, -0.15) is 0 Å². The van der Waals surface area contributed by atoms with E-state index in [9.17, 15) is 9.59 Å². The van der Waals surface area contributed by atoms with Gasteiger partial charge in [-0.05, 0) is 18.2 Å². The van der Waals surface area contributed by atoms with E-state index in [-0.39, 0.29) is 10.6 Å². The van der Waals surface area contributed by atoms with Crippen molar-refractivity contribution < 1.29 is 14.7 Å². The third-order valence-electron chi connectivity index (χ3n) is 2.34. The van der Waals surface area contributed by atoms with Crippen molar-refractivity contribution in [2.75, 3.05) is 5.32 Å². The molecule has 8 heteroatoms. The number of aromatic carboxylic acids is 1. The Balaban J connectivity index is 1.94. The lowest BCUT2D eigenvalue weighted by Crippen LogP contribution is -2.28. The molecule has 0 fully saturated rings. The zero-order valence-corrected chi connectivity index (χ0v) is 11.7. The van der Waals surface area contributed by atoms with E-state index in [1.54, 1.807) is 6.20 Å². The predicted molar refractivity (Wildman–Crippen MR) is 76.4 cm³/mol. The first-order valence-corrected chi connectivity index (χ1v) is 6.78. The molecule has 20 heavy (non-hydrogen) atoms. The standard InChI is InChI=1S/C12H10ClN3O3S/c13-9-5-7(1-2-8(9)11(17)18)16-12(19)15-6-10-14-3-4-20-10/h1-5H,6H2,(H,17,18)(H2,15,16,19). The minimum Gasteiger partial charge on any atom is -0.478 e. The van der Waals surface area contributed by atoms with Gasteiger partial charge in [0.15, 0.2) is 0 Å². The highest BCUT2D eigenvalue weighted by Gasteiger charge is 2.10. The van der Waals surface area contributed by atoms with Gasteiger partial charge in [-0.1, -0.05) is 11.6 Å². The molecular weight excluding hydrogens is 302 g/mol. The van der Waals surface area contributed by atoms with Crippen LogP contribution in [0.1, 0.15) is 15.4 Å². The van der Waals surface area contributed by atoms with Gasteiger partial charge in [0.2, 0.25) is 0 Å². The third-order valence-corrected chi connectivity index (χ3v) is 3.43. The number of anilines is 1. The van der Waals surface area contributed by atoms with E-state index in [0.29, 0.717) is 12.2 Å². The van der Waals surface area contributed by atoms with Gasteiger partial charge in [-0.25, -0.2) is 14.6 Å². The third kappa shape index (κ3) is 3.69. The van der Waals surface area contributed by atoms with Crippen molar-refractivity contribution in [1.82, 2.24) is 10.3 Å². The fourth-order valence-corrected chi connectivity index (χ4v) is 2.26. The first-order valence-electron chi connectivity index (χ1n) is 5.52. The van der Waals surface area contributed by atoms with Crippen LogP contribution >= 0.6 is 22.9 Å². The summed E-state index contributed by atoms with van der Waals surface area (Å²) in [4.78, 5) is 26.5. The highest BCUT2D eigenvalue weighted by molar-refractivity contribution is 7.09. The summed E-state index contributed by atoms with van der Waals surface area (Å²) in [7, 11) is 0. The van der Waals surface area contributed by atoms with E-state index >= 15 is 0 Å². The Morgan fingerprint density at radius 2 is 2.20 bits per heavy atom. The molecule has 0 spiro atoms. The lowest BCUT2D eigenvalue weighted by atomic mass is 10.2. The molecule has 0 saturated heterocycles. The Bertz CT molecular complexity index is 631. The maximum Gasteiger partial charge on any atom is 0.337 e. The molecule has 0 saturated carbocycles. The molecule has 1 aromatic heterocycles. The number of amides is 2. The van der Waals surface area contributed by atoms with Gasteiger partial charge >= 0.3 is 12.0 Å². The number of hydrogen-bond acceptors (Lipinski definition) is 4. The second kappa shape index (κ2) is 6.36. The number of carbonyl (C=O) groups is 2. The normalized spacial score (nSPS) is 10.1. The van der Waals surface area contributed by atoms with E-state index in [1.165, 1.54) is 29.5 Å². The lowest BCUT2D eigenvalue weighted by molar-refractivity contribution is 0.0697. The van der Waals surface area contributed by atoms with Crippen molar-refractivity contribution in [1.29, 1.82) is 0 Å². The molecule has 6 nitrogen and oxygen atoms in total. The number of benzene rings is 1. The Hall–Kier alpha value is -2.12. The Kier molecular flexibility index (Phi) is 4.54. The first kappa shape index (κ1) is 14.3. The van der Waals surface area contributed by atoms with Crippen molar-refractivity contribution in [3.05, 3.63) is 45.4 Å². The predicted octanol–water partition coefficient (Wildman–Crippen LogP) is 2.82. The molecule has 0 aliphatic heterocycles. The average Bonchev–Trinajstić information content (AvgIpc) is 2.89. The molecule has 0 unspecified atom stereocenters. The zero-order chi connectivity index (χ0) is 14.5. The quantitative estimate of drug-likeness (QED) is 0.809. The maximum absolute atomic E-state index is 11.6. The summed E-state index contributed by atoms with van der Waals surface area (Å²) < 4.78 is 0. The van der Waals surface area contributed by atoms with E-state index in [4.69, 9.17) is 16.7 Å². The highest BCUT2D eigenvalue weighted by Crippen LogP contribution is 2.20. The Labute approximate surface area is 123 Å². The second-order valence-corrected chi connectivity index (χ2v) is 5.12. The molecular formula is C12H10ClN3O3S. The molecule has 1 heterocycles. The number of halogens is 1. The molecule has 0 atom stereocenters. The van der Waals surface area contributed by atoms with E-state index in [2.05, 4.69) is 15.6 Å². The van der Waals surface area contributed by atoms with Crippen LogP contribution in [0.15, 0.2) is 29.8 Å². The number of thiazole rings is 1. The topological polar surface area (TPSA) is 91.3 Å². The summed E-state index contributed by atoms with van der Waals surface area (Å²) in [5.74, 6) is -1.12. The SMILES string of the molecule is O=C(NCc1nccs1)Nc1ccc(C(=O)O)c(Cl)c1. The fourth-order valence-electron chi connectivity index (χ4n) is 1.44. The molecule has 3 N–H and O–H groups in total. The number of urea groups is 1. The number of carbonyl (C=O) groups excluding carboxylic acids is 1. The summed E-state index contributed by atoms with van der Waals surface area (Å²) in [6, 6.07) is 3.77. The second-order valence-electron chi connectivity index (χ2n) is 3.73. The van der Waals surface area contributed by atoms with Gasteiger partial charge in [0.25, 0.3) is 0 Å². The molecule has 2 aromatic rings.